The van der Waals surface area contributed by atoms with Gasteiger partial charge >= 0.3 is 0 Å². The molecule has 1 amide bonds. The lowest BCUT2D eigenvalue weighted by Gasteiger charge is -2.31. The Labute approximate surface area is 111 Å². The first kappa shape index (κ1) is 14.0. The number of carbonyl (C=O) groups excluding carboxylic acids is 1. The molecule has 1 saturated heterocycles. The summed E-state index contributed by atoms with van der Waals surface area (Å²) >= 11 is 0. The van der Waals surface area contributed by atoms with E-state index in [2.05, 4.69) is 0 Å². The average molecular weight is 267 g/mol. The maximum atomic E-state index is 13.1. The Hall–Kier alpha value is -1.46. The molecule has 1 N–H and O–H groups in total. The largest absolute Gasteiger partial charge is 0.394 e. The molecule has 1 aromatic carbocycles. The third-order valence-corrected chi connectivity index (χ3v) is 3.25. The number of aliphatic hydroxyl groups is 1. The second-order valence-electron chi connectivity index (χ2n) is 4.60. The van der Waals surface area contributed by atoms with Crippen LogP contribution in [0.25, 0.3) is 0 Å². The van der Waals surface area contributed by atoms with E-state index in [9.17, 15) is 9.18 Å². The van der Waals surface area contributed by atoms with Gasteiger partial charge in [0, 0.05) is 18.7 Å². The van der Waals surface area contributed by atoms with E-state index in [0.717, 1.165) is 12.8 Å². The third kappa shape index (κ3) is 3.75. The van der Waals surface area contributed by atoms with Crippen molar-refractivity contribution in [3.63, 3.8) is 0 Å². The highest BCUT2D eigenvalue weighted by atomic mass is 19.1. The molecule has 1 heterocycles. The Morgan fingerprint density at radius 2 is 2.16 bits per heavy atom. The van der Waals surface area contributed by atoms with E-state index in [1.165, 1.54) is 12.1 Å². The van der Waals surface area contributed by atoms with E-state index in [-0.39, 0.29) is 18.6 Å². The van der Waals surface area contributed by atoms with Gasteiger partial charge in [-0.2, -0.15) is 0 Å². The van der Waals surface area contributed by atoms with Crippen LogP contribution in [-0.2, 0) is 4.74 Å². The van der Waals surface area contributed by atoms with Gasteiger partial charge in [-0.3, -0.25) is 4.79 Å². The van der Waals surface area contributed by atoms with Crippen molar-refractivity contribution in [2.24, 2.45) is 0 Å². The number of aliphatic hydroxyl groups excluding tert-OH is 1. The highest BCUT2D eigenvalue weighted by Crippen LogP contribution is 2.16. The van der Waals surface area contributed by atoms with Crippen molar-refractivity contribution in [1.82, 2.24) is 4.90 Å². The highest BCUT2D eigenvalue weighted by molar-refractivity contribution is 5.94. The van der Waals surface area contributed by atoms with Gasteiger partial charge in [-0.15, -0.1) is 0 Å². The van der Waals surface area contributed by atoms with Gasteiger partial charge in [-0.25, -0.2) is 4.39 Å². The van der Waals surface area contributed by atoms with Gasteiger partial charge in [-0.05, 0) is 31.0 Å². The molecule has 0 saturated carbocycles. The van der Waals surface area contributed by atoms with E-state index >= 15 is 0 Å². The van der Waals surface area contributed by atoms with Crippen molar-refractivity contribution >= 4 is 5.91 Å². The van der Waals surface area contributed by atoms with Gasteiger partial charge in [0.15, 0.2) is 0 Å². The molecule has 19 heavy (non-hydrogen) atoms. The summed E-state index contributed by atoms with van der Waals surface area (Å²) in [7, 11) is 0. The molecule has 4 nitrogen and oxygen atoms in total. The SMILES string of the molecule is O=C(c1cccc(F)c1)N1CCC(OCCO)CC1. The van der Waals surface area contributed by atoms with Crippen molar-refractivity contribution in [1.29, 1.82) is 0 Å². The zero-order valence-corrected chi connectivity index (χ0v) is 10.7. The molecule has 0 radical (unpaired) electrons. The number of nitrogens with zero attached hydrogens (tertiary/aromatic N) is 1. The summed E-state index contributed by atoms with van der Waals surface area (Å²) in [6.07, 6.45) is 1.60. The lowest BCUT2D eigenvalue weighted by Crippen LogP contribution is -2.41. The van der Waals surface area contributed by atoms with Crippen molar-refractivity contribution in [2.45, 2.75) is 18.9 Å². The molecule has 0 aromatic heterocycles. The van der Waals surface area contributed by atoms with Crippen LogP contribution in [0.15, 0.2) is 24.3 Å². The number of hydrogen-bond acceptors (Lipinski definition) is 3. The van der Waals surface area contributed by atoms with Crippen molar-refractivity contribution < 1.29 is 19.0 Å². The number of benzene rings is 1. The zero-order chi connectivity index (χ0) is 13.7. The molecule has 1 fully saturated rings. The number of rotatable bonds is 4. The van der Waals surface area contributed by atoms with Gasteiger partial charge < -0.3 is 14.7 Å². The second kappa shape index (κ2) is 6.63. The molecule has 0 spiro atoms. The predicted octanol–water partition coefficient (Wildman–Crippen LogP) is 1.44. The molecule has 0 bridgehead atoms. The number of likely N-dealkylation sites (tertiary alicyclic amines) is 1. The average Bonchev–Trinajstić information content (AvgIpc) is 2.45. The van der Waals surface area contributed by atoms with Crippen LogP contribution < -0.4 is 0 Å². The van der Waals surface area contributed by atoms with Gasteiger partial charge in [-0.1, -0.05) is 6.07 Å². The quantitative estimate of drug-likeness (QED) is 0.898. The van der Waals surface area contributed by atoms with Gasteiger partial charge in [0.2, 0.25) is 0 Å². The molecule has 2 rings (SSSR count). The predicted molar refractivity (Wildman–Crippen MR) is 68.4 cm³/mol. The first-order chi connectivity index (χ1) is 9.20. The van der Waals surface area contributed by atoms with Crippen molar-refractivity contribution in [2.75, 3.05) is 26.3 Å². The van der Waals surface area contributed by atoms with Gasteiger partial charge in [0.05, 0.1) is 19.3 Å². The molecule has 1 aliphatic rings. The lowest BCUT2D eigenvalue weighted by atomic mass is 10.1. The Balaban J connectivity index is 1.89. The van der Waals surface area contributed by atoms with Crippen LogP contribution in [0.3, 0.4) is 0 Å². The second-order valence-corrected chi connectivity index (χ2v) is 4.60. The smallest absolute Gasteiger partial charge is 0.253 e. The van der Waals surface area contributed by atoms with Gasteiger partial charge in [0.25, 0.3) is 5.91 Å². The van der Waals surface area contributed by atoms with Gasteiger partial charge in [0.1, 0.15) is 5.82 Å². The van der Waals surface area contributed by atoms with Crippen LogP contribution in [-0.4, -0.2) is 48.3 Å². The summed E-state index contributed by atoms with van der Waals surface area (Å²) in [5, 5.41) is 8.69. The minimum Gasteiger partial charge on any atom is -0.394 e. The van der Waals surface area contributed by atoms with E-state index < -0.39 is 5.82 Å². The van der Waals surface area contributed by atoms with Crippen LogP contribution >= 0.6 is 0 Å². The Morgan fingerprint density at radius 1 is 1.42 bits per heavy atom. The minimum absolute atomic E-state index is 0.0163. The fourth-order valence-electron chi connectivity index (χ4n) is 2.25. The normalized spacial score (nSPS) is 16.6. The fraction of sp³-hybridized carbons (Fsp3) is 0.500. The number of halogens is 1. The number of piperidine rings is 1. The van der Waals surface area contributed by atoms with Crippen LogP contribution in [0.4, 0.5) is 4.39 Å². The molecule has 0 unspecified atom stereocenters. The fourth-order valence-corrected chi connectivity index (χ4v) is 2.25. The molecule has 104 valence electrons. The molecule has 0 atom stereocenters. The standard InChI is InChI=1S/C14H18FNO3/c15-12-3-1-2-11(10-12)14(18)16-6-4-13(5-7-16)19-9-8-17/h1-3,10,13,17H,4-9H2. The monoisotopic (exact) mass is 267 g/mol. The summed E-state index contributed by atoms with van der Waals surface area (Å²) in [6, 6.07) is 5.75. The number of ether oxygens (including phenoxy) is 1. The van der Waals surface area contributed by atoms with E-state index in [0.29, 0.717) is 25.3 Å². The number of carbonyl (C=O) groups is 1. The first-order valence-electron chi connectivity index (χ1n) is 6.48. The Kier molecular flexibility index (Phi) is 4.87. The minimum atomic E-state index is -0.396. The molecule has 1 aliphatic heterocycles. The summed E-state index contributed by atoms with van der Waals surface area (Å²) < 4.78 is 18.5. The topological polar surface area (TPSA) is 49.8 Å². The molecule has 0 aliphatic carbocycles. The van der Waals surface area contributed by atoms with Crippen LogP contribution in [0.1, 0.15) is 23.2 Å². The highest BCUT2D eigenvalue weighted by Gasteiger charge is 2.24. The lowest BCUT2D eigenvalue weighted by molar-refractivity contribution is -0.00555. The maximum Gasteiger partial charge on any atom is 0.253 e. The third-order valence-electron chi connectivity index (χ3n) is 3.25. The van der Waals surface area contributed by atoms with E-state index in [1.54, 1.807) is 17.0 Å². The van der Waals surface area contributed by atoms with E-state index in [1.807, 2.05) is 0 Å². The van der Waals surface area contributed by atoms with E-state index in [4.69, 9.17) is 9.84 Å². The summed E-state index contributed by atoms with van der Waals surface area (Å²) in [5.41, 5.74) is 0.384. The Bertz CT molecular complexity index is 430. The van der Waals surface area contributed by atoms with Crippen LogP contribution in [0.5, 0.6) is 0 Å². The van der Waals surface area contributed by atoms with Crippen LogP contribution in [0, 0.1) is 5.82 Å². The zero-order valence-electron chi connectivity index (χ0n) is 10.7. The molecular formula is C14H18FNO3. The first-order valence-corrected chi connectivity index (χ1v) is 6.48. The summed E-state index contributed by atoms with van der Waals surface area (Å²) in [4.78, 5) is 13.9. The van der Waals surface area contributed by atoms with Crippen molar-refractivity contribution in [3.8, 4) is 0 Å². The van der Waals surface area contributed by atoms with Crippen LogP contribution in [0.2, 0.25) is 0 Å². The molecule has 1 aromatic rings. The number of amides is 1. The molecular weight excluding hydrogens is 249 g/mol. The summed E-state index contributed by atoms with van der Waals surface area (Å²) in [6.45, 7) is 1.56. The Morgan fingerprint density at radius 3 is 2.79 bits per heavy atom. The summed E-state index contributed by atoms with van der Waals surface area (Å²) in [5.74, 6) is -0.535. The maximum absolute atomic E-state index is 13.1. The number of hydrogen-bond donors (Lipinski definition) is 1. The van der Waals surface area contributed by atoms with Crippen molar-refractivity contribution in [3.05, 3.63) is 35.6 Å². The molecule has 5 heteroatoms.